The van der Waals surface area contributed by atoms with Crippen LogP contribution in [0.2, 0.25) is 0 Å². The SMILES string of the molecule is CCCCCCCCC1CCC([C@H]2CC[C@H](c3ccc(N)cc3)CC2)CC1. The Morgan fingerprint density at radius 1 is 0.704 bits per heavy atom. The van der Waals surface area contributed by atoms with Crippen molar-refractivity contribution in [3.05, 3.63) is 29.8 Å². The van der Waals surface area contributed by atoms with Crippen LogP contribution in [0, 0.1) is 17.8 Å². The molecule has 0 amide bonds. The summed E-state index contributed by atoms with van der Waals surface area (Å²) in [6.07, 6.45) is 22.0. The molecule has 0 bridgehead atoms. The monoisotopic (exact) mass is 369 g/mol. The summed E-state index contributed by atoms with van der Waals surface area (Å²) in [6, 6.07) is 8.67. The predicted octanol–water partition coefficient (Wildman–Crippen LogP) is 8.10. The summed E-state index contributed by atoms with van der Waals surface area (Å²) in [5.74, 6) is 3.90. The fraction of sp³-hybridized carbons (Fsp3) is 0.769. The molecule has 2 N–H and O–H groups in total. The smallest absolute Gasteiger partial charge is 0.0314 e. The lowest BCUT2D eigenvalue weighted by Crippen LogP contribution is -2.25. The minimum Gasteiger partial charge on any atom is -0.399 e. The largest absolute Gasteiger partial charge is 0.399 e. The Morgan fingerprint density at radius 3 is 1.89 bits per heavy atom. The van der Waals surface area contributed by atoms with Gasteiger partial charge in [-0.3, -0.25) is 0 Å². The molecular formula is C26H43N. The number of unbranched alkanes of at least 4 members (excludes halogenated alkanes) is 5. The van der Waals surface area contributed by atoms with Crippen molar-refractivity contribution >= 4 is 5.69 Å². The number of benzene rings is 1. The van der Waals surface area contributed by atoms with E-state index in [-0.39, 0.29) is 0 Å². The van der Waals surface area contributed by atoms with Gasteiger partial charge < -0.3 is 5.73 Å². The molecule has 0 saturated heterocycles. The first-order valence-electron chi connectivity index (χ1n) is 12.1. The number of hydrogen-bond donors (Lipinski definition) is 1. The lowest BCUT2D eigenvalue weighted by molar-refractivity contribution is 0.155. The van der Waals surface area contributed by atoms with Crippen molar-refractivity contribution in [1.82, 2.24) is 0 Å². The summed E-state index contributed by atoms with van der Waals surface area (Å²) in [6.45, 7) is 2.31. The second-order valence-corrected chi connectivity index (χ2v) is 9.62. The summed E-state index contributed by atoms with van der Waals surface area (Å²) in [4.78, 5) is 0. The van der Waals surface area contributed by atoms with Gasteiger partial charge in [-0.25, -0.2) is 0 Å². The molecule has 0 aromatic heterocycles. The van der Waals surface area contributed by atoms with Crippen molar-refractivity contribution in [1.29, 1.82) is 0 Å². The Kier molecular flexibility index (Phi) is 8.55. The Morgan fingerprint density at radius 2 is 1.26 bits per heavy atom. The normalized spacial score (nSPS) is 28.9. The van der Waals surface area contributed by atoms with Crippen LogP contribution in [-0.4, -0.2) is 0 Å². The standard InChI is InChI=1S/C26H43N/c1-2-3-4-5-6-7-8-21-9-11-22(12-10-21)23-13-15-24(16-14-23)25-17-19-26(27)20-18-25/h17-24H,2-16,27H2,1H3/t21?,22?,23-,24-. The van der Waals surface area contributed by atoms with Crippen LogP contribution < -0.4 is 5.73 Å². The molecule has 0 spiro atoms. The van der Waals surface area contributed by atoms with Crippen LogP contribution in [0.15, 0.2) is 24.3 Å². The number of nitrogens with two attached hydrogens (primary N) is 1. The molecule has 0 heterocycles. The van der Waals surface area contributed by atoms with E-state index in [2.05, 4.69) is 31.2 Å². The number of rotatable bonds is 9. The number of anilines is 1. The second kappa shape index (κ2) is 11.1. The van der Waals surface area contributed by atoms with E-state index in [1.165, 1.54) is 102 Å². The fourth-order valence-electron chi connectivity index (χ4n) is 5.85. The molecule has 2 saturated carbocycles. The van der Waals surface area contributed by atoms with Gasteiger partial charge in [-0.2, -0.15) is 0 Å². The summed E-state index contributed by atoms with van der Waals surface area (Å²) in [5, 5.41) is 0. The van der Waals surface area contributed by atoms with Gasteiger partial charge >= 0.3 is 0 Å². The van der Waals surface area contributed by atoms with E-state index in [9.17, 15) is 0 Å². The molecule has 152 valence electrons. The van der Waals surface area contributed by atoms with E-state index in [1.54, 1.807) is 0 Å². The molecule has 2 aliphatic rings. The number of hydrogen-bond acceptors (Lipinski definition) is 1. The zero-order valence-electron chi connectivity index (χ0n) is 17.8. The molecule has 1 aromatic carbocycles. The molecule has 3 rings (SSSR count). The van der Waals surface area contributed by atoms with E-state index >= 15 is 0 Å². The molecular weight excluding hydrogens is 326 g/mol. The van der Waals surface area contributed by atoms with E-state index in [4.69, 9.17) is 5.73 Å². The van der Waals surface area contributed by atoms with E-state index in [0.717, 1.165) is 29.4 Å². The summed E-state index contributed by atoms with van der Waals surface area (Å²) >= 11 is 0. The van der Waals surface area contributed by atoms with Crippen LogP contribution in [0.1, 0.15) is 115 Å². The first kappa shape index (κ1) is 20.7. The first-order chi connectivity index (χ1) is 13.3. The third-order valence-electron chi connectivity index (χ3n) is 7.70. The molecule has 0 atom stereocenters. The highest BCUT2D eigenvalue weighted by Crippen LogP contribution is 2.44. The van der Waals surface area contributed by atoms with Crippen LogP contribution in [-0.2, 0) is 0 Å². The average Bonchev–Trinajstić information content (AvgIpc) is 2.72. The Hall–Kier alpha value is -0.980. The maximum absolute atomic E-state index is 5.84. The molecule has 2 aliphatic carbocycles. The van der Waals surface area contributed by atoms with Crippen molar-refractivity contribution < 1.29 is 0 Å². The lowest BCUT2D eigenvalue weighted by Gasteiger charge is -2.38. The minimum absolute atomic E-state index is 0.783. The van der Waals surface area contributed by atoms with Crippen molar-refractivity contribution in [2.24, 2.45) is 17.8 Å². The van der Waals surface area contributed by atoms with Crippen molar-refractivity contribution in [2.45, 2.75) is 109 Å². The Balaban J connectivity index is 1.31. The zero-order valence-corrected chi connectivity index (χ0v) is 17.8. The van der Waals surface area contributed by atoms with Crippen LogP contribution in [0.4, 0.5) is 5.69 Å². The lowest BCUT2D eigenvalue weighted by atomic mass is 9.68. The third-order valence-corrected chi connectivity index (χ3v) is 7.70. The molecule has 0 unspecified atom stereocenters. The van der Waals surface area contributed by atoms with E-state index in [1.807, 2.05) is 0 Å². The van der Waals surface area contributed by atoms with Gasteiger partial charge in [0.1, 0.15) is 0 Å². The van der Waals surface area contributed by atoms with Crippen molar-refractivity contribution in [2.75, 3.05) is 5.73 Å². The summed E-state index contributed by atoms with van der Waals surface area (Å²) in [5.41, 5.74) is 8.26. The maximum Gasteiger partial charge on any atom is 0.0314 e. The van der Waals surface area contributed by atoms with Crippen LogP contribution in [0.25, 0.3) is 0 Å². The minimum atomic E-state index is 0.783. The van der Waals surface area contributed by atoms with Crippen LogP contribution in [0.3, 0.4) is 0 Å². The van der Waals surface area contributed by atoms with Gasteiger partial charge in [0.15, 0.2) is 0 Å². The maximum atomic E-state index is 5.84. The molecule has 1 heteroatoms. The third kappa shape index (κ3) is 6.54. The van der Waals surface area contributed by atoms with Gasteiger partial charge in [0.2, 0.25) is 0 Å². The molecule has 1 aromatic rings. The molecule has 0 radical (unpaired) electrons. The zero-order chi connectivity index (χ0) is 18.9. The Bertz CT molecular complexity index is 504. The summed E-state index contributed by atoms with van der Waals surface area (Å²) < 4.78 is 0. The molecule has 0 aliphatic heterocycles. The highest BCUT2D eigenvalue weighted by Gasteiger charge is 2.31. The fourth-order valence-corrected chi connectivity index (χ4v) is 5.85. The van der Waals surface area contributed by atoms with Gasteiger partial charge in [-0.05, 0) is 79.9 Å². The van der Waals surface area contributed by atoms with Gasteiger partial charge in [0.05, 0.1) is 0 Å². The van der Waals surface area contributed by atoms with E-state index < -0.39 is 0 Å². The van der Waals surface area contributed by atoms with Crippen LogP contribution in [0.5, 0.6) is 0 Å². The predicted molar refractivity (Wildman–Crippen MR) is 119 cm³/mol. The van der Waals surface area contributed by atoms with Gasteiger partial charge in [-0.15, -0.1) is 0 Å². The van der Waals surface area contributed by atoms with Gasteiger partial charge in [-0.1, -0.05) is 76.8 Å². The quantitative estimate of drug-likeness (QED) is 0.345. The molecule has 27 heavy (non-hydrogen) atoms. The average molecular weight is 370 g/mol. The van der Waals surface area contributed by atoms with Crippen LogP contribution >= 0.6 is 0 Å². The topological polar surface area (TPSA) is 26.0 Å². The highest BCUT2D eigenvalue weighted by atomic mass is 14.5. The van der Waals surface area contributed by atoms with Crippen molar-refractivity contribution in [3.63, 3.8) is 0 Å². The number of nitrogen functional groups attached to an aromatic ring is 1. The highest BCUT2D eigenvalue weighted by molar-refractivity contribution is 5.40. The van der Waals surface area contributed by atoms with Gasteiger partial charge in [0.25, 0.3) is 0 Å². The van der Waals surface area contributed by atoms with Crippen molar-refractivity contribution in [3.8, 4) is 0 Å². The molecule has 1 nitrogen and oxygen atoms in total. The van der Waals surface area contributed by atoms with E-state index in [0.29, 0.717) is 0 Å². The Labute approximate surface area is 168 Å². The second-order valence-electron chi connectivity index (χ2n) is 9.62. The molecule has 2 fully saturated rings. The first-order valence-corrected chi connectivity index (χ1v) is 12.1. The summed E-state index contributed by atoms with van der Waals surface area (Å²) in [7, 11) is 0. The van der Waals surface area contributed by atoms with Gasteiger partial charge in [0, 0.05) is 5.69 Å².